The molecule has 0 aliphatic heterocycles. The zero-order chi connectivity index (χ0) is 12.0. The van der Waals surface area contributed by atoms with E-state index in [1.807, 2.05) is 25.1 Å². The number of rotatable bonds is 6. The van der Waals surface area contributed by atoms with Gasteiger partial charge in [-0.25, -0.2) is 0 Å². The van der Waals surface area contributed by atoms with Crippen molar-refractivity contribution in [3.05, 3.63) is 28.2 Å². The SMILES string of the molecule is COCO[C@@H](C)Cc1cc(OC)ccc1Br. The second-order valence-electron chi connectivity index (χ2n) is 3.55. The molecule has 0 aliphatic rings. The Labute approximate surface area is 105 Å². The van der Waals surface area contributed by atoms with Gasteiger partial charge in [0.2, 0.25) is 0 Å². The van der Waals surface area contributed by atoms with E-state index >= 15 is 0 Å². The molecule has 1 aromatic rings. The topological polar surface area (TPSA) is 27.7 Å². The van der Waals surface area contributed by atoms with E-state index in [9.17, 15) is 0 Å². The first-order valence-electron chi connectivity index (χ1n) is 5.10. The monoisotopic (exact) mass is 288 g/mol. The highest BCUT2D eigenvalue weighted by molar-refractivity contribution is 9.10. The van der Waals surface area contributed by atoms with Gasteiger partial charge in [-0.05, 0) is 37.1 Å². The Kier molecular flexibility index (Phi) is 5.80. The molecule has 1 rings (SSSR count). The largest absolute Gasteiger partial charge is 0.497 e. The maximum Gasteiger partial charge on any atom is 0.146 e. The minimum Gasteiger partial charge on any atom is -0.497 e. The van der Waals surface area contributed by atoms with Crippen LogP contribution in [-0.2, 0) is 15.9 Å². The fraction of sp³-hybridized carbons (Fsp3) is 0.500. The third-order valence-electron chi connectivity index (χ3n) is 2.23. The zero-order valence-corrected chi connectivity index (χ0v) is 11.4. The van der Waals surface area contributed by atoms with Crippen LogP contribution in [0.5, 0.6) is 5.75 Å². The molecular formula is C12H17BrO3. The van der Waals surface area contributed by atoms with Crippen LogP contribution in [0.25, 0.3) is 0 Å². The number of hydrogen-bond acceptors (Lipinski definition) is 3. The zero-order valence-electron chi connectivity index (χ0n) is 9.83. The lowest BCUT2D eigenvalue weighted by molar-refractivity contribution is -0.0646. The van der Waals surface area contributed by atoms with E-state index in [1.54, 1.807) is 14.2 Å². The van der Waals surface area contributed by atoms with Gasteiger partial charge in [-0.15, -0.1) is 0 Å². The molecule has 0 saturated heterocycles. The van der Waals surface area contributed by atoms with E-state index < -0.39 is 0 Å². The van der Waals surface area contributed by atoms with Crippen LogP contribution in [0.3, 0.4) is 0 Å². The predicted molar refractivity (Wildman–Crippen MR) is 66.8 cm³/mol. The Balaban J connectivity index is 2.64. The van der Waals surface area contributed by atoms with Gasteiger partial charge in [0.15, 0.2) is 0 Å². The Morgan fingerprint density at radius 3 is 2.69 bits per heavy atom. The molecule has 0 bridgehead atoms. The van der Waals surface area contributed by atoms with Gasteiger partial charge in [0.25, 0.3) is 0 Å². The molecule has 0 unspecified atom stereocenters. The van der Waals surface area contributed by atoms with Gasteiger partial charge in [-0.2, -0.15) is 0 Å². The van der Waals surface area contributed by atoms with E-state index in [1.165, 1.54) is 5.56 Å². The third-order valence-corrected chi connectivity index (χ3v) is 3.00. The third kappa shape index (κ3) is 4.12. The minimum atomic E-state index is 0.114. The number of benzene rings is 1. The minimum absolute atomic E-state index is 0.114. The number of hydrogen-bond donors (Lipinski definition) is 0. The fourth-order valence-electron chi connectivity index (χ4n) is 1.39. The molecule has 0 amide bonds. The molecule has 0 N–H and O–H groups in total. The summed E-state index contributed by atoms with van der Waals surface area (Å²) < 4.78 is 16.6. The molecule has 1 aromatic carbocycles. The summed E-state index contributed by atoms with van der Waals surface area (Å²) in [6.07, 6.45) is 0.935. The first-order valence-corrected chi connectivity index (χ1v) is 5.89. The molecular weight excluding hydrogens is 272 g/mol. The fourth-order valence-corrected chi connectivity index (χ4v) is 1.80. The molecule has 3 nitrogen and oxygen atoms in total. The average molecular weight is 289 g/mol. The van der Waals surface area contributed by atoms with E-state index in [0.29, 0.717) is 6.79 Å². The Morgan fingerprint density at radius 2 is 2.06 bits per heavy atom. The maximum absolute atomic E-state index is 5.44. The lowest BCUT2D eigenvalue weighted by Crippen LogP contribution is -2.13. The standard InChI is InChI=1S/C12H17BrO3/c1-9(16-8-14-2)6-10-7-11(15-3)4-5-12(10)13/h4-5,7,9H,6,8H2,1-3H3/t9-/m0/s1. The van der Waals surface area contributed by atoms with Crippen molar-refractivity contribution < 1.29 is 14.2 Å². The highest BCUT2D eigenvalue weighted by Crippen LogP contribution is 2.24. The lowest BCUT2D eigenvalue weighted by atomic mass is 10.1. The number of halogens is 1. The van der Waals surface area contributed by atoms with Crippen LogP contribution in [-0.4, -0.2) is 27.1 Å². The Hall–Kier alpha value is -0.580. The van der Waals surface area contributed by atoms with E-state index in [4.69, 9.17) is 14.2 Å². The molecule has 0 fully saturated rings. The lowest BCUT2D eigenvalue weighted by Gasteiger charge is -2.14. The molecule has 0 aromatic heterocycles. The summed E-state index contributed by atoms with van der Waals surface area (Å²) in [5, 5.41) is 0. The maximum atomic E-state index is 5.44. The number of ether oxygens (including phenoxy) is 3. The predicted octanol–water partition coefficient (Wildman–Crippen LogP) is 3.01. The van der Waals surface area contributed by atoms with Crippen molar-refractivity contribution in [1.82, 2.24) is 0 Å². The quantitative estimate of drug-likeness (QED) is 0.753. The normalized spacial score (nSPS) is 12.5. The van der Waals surface area contributed by atoms with Crippen LogP contribution in [0.15, 0.2) is 22.7 Å². The van der Waals surface area contributed by atoms with Gasteiger partial charge in [0.1, 0.15) is 12.5 Å². The van der Waals surface area contributed by atoms with Crippen LogP contribution >= 0.6 is 15.9 Å². The van der Waals surface area contributed by atoms with Gasteiger partial charge in [-0.1, -0.05) is 15.9 Å². The molecule has 0 spiro atoms. The van der Waals surface area contributed by atoms with Crippen molar-refractivity contribution in [3.8, 4) is 5.75 Å². The molecule has 0 heterocycles. The summed E-state index contributed by atoms with van der Waals surface area (Å²) in [6.45, 7) is 2.34. The molecule has 0 saturated carbocycles. The van der Waals surface area contributed by atoms with Gasteiger partial charge in [-0.3, -0.25) is 0 Å². The molecule has 90 valence electrons. The highest BCUT2D eigenvalue weighted by Gasteiger charge is 2.08. The molecule has 16 heavy (non-hydrogen) atoms. The van der Waals surface area contributed by atoms with Crippen molar-refractivity contribution in [2.45, 2.75) is 19.4 Å². The van der Waals surface area contributed by atoms with E-state index in [-0.39, 0.29) is 6.10 Å². The van der Waals surface area contributed by atoms with Crippen molar-refractivity contribution in [3.63, 3.8) is 0 Å². The summed E-state index contributed by atoms with van der Waals surface area (Å²) in [5.74, 6) is 0.858. The van der Waals surface area contributed by atoms with E-state index in [2.05, 4.69) is 15.9 Å². The van der Waals surface area contributed by atoms with Crippen molar-refractivity contribution in [1.29, 1.82) is 0 Å². The van der Waals surface area contributed by atoms with Crippen LogP contribution in [0.2, 0.25) is 0 Å². The second-order valence-corrected chi connectivity index (χ2v) is 4.40. The molecule has 0 aliphatic carbocycles. The van der Waals surface area contributed by atoms with Crippen LogP contribution in [0, 0.1) is 0 Å². The van der Waals surface area contributed by atoms with Gasteiger partial charge >= 0.3 is 0 Å². The summed E-state index contributed by atoms with van der Waals surface area (Å²) in [7, 11) is 3.28. The molecule has 4 heteroatoms. The van der Waals surface area contributed by atoms with E-state index in [0.717, 1.165) is 16.6 Å². The smallest absolute Gasteiger partial charge is 0.146 e. The molecule has 1 atom stereocenters. The van der Waals surface area contributed by atoms with Crippen LogP contribution in [0.4, 0.5) is 0 Å². The van der Waals surface area contributed by atoms with Gasteiger partial charge in [0, 0.05) is 11.6 Å². The van der Waals surface area contributed by atoms with Gasteiger partial charge in [0.05, 0.1) is 13.2 Å². The first-order chi connectivity index (χ1) is 7.67. The summed E-state index contributed by atoms with van der Waals surface area (Å²) >= 11 is 3.51. The van der Waals surface area contributed by atoms with Crippen molar-refractivity contribution in [2.75, 3.05) is 21.0 Å². The Morgan fingerprint density at radius 1 is 1.31 bits per heavy atom. The van der Waals surface area contributed by atoms with Crippen LogP contribution in [0.1, 0.15) is 12.5 Å². The summed E-state index contributed by atoms with van der Waals surface area (Å²) in [4.78, 5) is 0. The second kappa shape index (κ2) is 6.89. The highest BCUT2D eigenvalue weighted by atomic mass is 79.9. The summed E-state index contributed by atoms with van der Waals surface area (Å²) in [5.41, 5.74) is 1.17. The van der Waals surface area contributed by atoms with Crippen LogP contribution < -0.4 is 4.74 Å². The van der Waals surface area contributed by atoms with Crippen molar-refractivity contribution in [2.24, 2.45) is 0 Å². The first kappa shape index (κ1) is 13.5. The van der Waals surface area contributed by atoms with Gasteiger partial charge < -0.3 is 14.2 Å². The number of methoxy groups -OCH3 is 2. The van der Waals surface area contributed by atoms with Crippen molar-refractivity contribution >= 4 is 15.9 Å². The average Bonchev–Trinajstić information content (AvgIpc) is 2.29. The summed E-state index contributed by atoms with van der Waals surface area (Å²) in [6, 6.07) is 5.92. The Bertz CT molecular complexity index is 328. The molecule has 0 radical (unpaired) electrons.